The Labute approximate surface area is 243 Å². The summed E-state index contributed by atoms with van der Waals surface area (Å²) in [5, 5.41) is 9.25. The van der Waals surface area contributed by atoms with Gasteiger partial charge in [0.05, 0.1) is 23.8 Å². The third-order valence-corrected chi connectivity index (χ3v) is 6.20. The van der Waals surface area contributed by atoms with E-state index < -0.39 is 17.7 Å². The van der Waals surface area contributed by atoms with Gasteiger partial charge in [-0.15, -0.1) is 0 Å². The van der Waals surface area contributed by atoms with Crippen LogP contribution in [0.3, 0.4) is 0 Å². The summed E-state index contributed by atoms with van der Waals surface area (Å²) in [6.45, 7) is 7.62. The summed E-state index contributed by atoms with van der Waals surface area (Å²) in [6.07, 6.45) is 2.88. The predicted octanol–water partition coefficient (Wildman–Crippen LogP) is 6.90. The van der Waals surface area contributed by atoms with Crippen LogP contribution in [0.25, 0.3) is 33.2 Å². The average molecular weight is 568 g/mol. The van der Waals surface area contributed by atoms with Crippen LogP contribution in [-0.4, -0.2) is 50.6 Å². The van der Waals surface area contributed by atoms with Crippen molar-refractivity contribution in [2.45, 2.75) is 46.1 Å². The van der Waals surface area contributed by atoms with Crippen molar-refractivity contribution in [1.82, 2.24) is 19.7 Å². The van der Waals surface area contributed by atoms with Crippen LogP contribution in [0.1, 0.15) is 40.5 Å². The van der Waals surface area contributed by atoms with E-state index in [0.29, 0.717) is 29.5 Å². The fourth-order valence-electron chi connectivity index (χ4n) is 4.30. The molecule has 42 heavy (non-hydrogen) atoms. The molecule has 2 heterocycles. The summed E-state index contributed by atoms with van der Waals surface area (Å²) >= 11 is 0. The molecule has 10 heteroatoms. The molecule has 5 aromatic rings. The maximum absolute atomic E-state index is 12.5. The number of hydrogen-bond donors (Lipinski definition) is 1. The molecule has 10 nitrogen and oxygen atoms in total. The molecule has 5 rings (SSSR count). The molecule has 1 N–H and O–H groups in total. The number of para-hydroxylation sites is 1. The summed E-state index contributed by atoms with van der Waals surface area (Å²) in [6, 6.07) is 20.6. The monoisotopic (exact) mass is 567 g/mol. The Morgan fingerprint density at radius 1 is 0.976 bits per heavy atom. The lowest BCUT2D eigenvalue weighted by atomic mass is 10.1. The third kappa shape index (κ3) is 6.83. The van der Waals surface area contributed by atoms with Crippen molar-refractivity contribution >= 4 is 45.4 Å². The molecule has 0 aliphatic carbocycles. The van der Waals surface area contributed by atoms with Crippen LogP contribution >= 0.6 is 0 Å². The van der Waals surface area contributed by atoms with Gasteiger partial charge in [0.2, 0.25) is 0 Å². The molecule has 0 fully saturated rings. The molecule has 0 atom stereocenters. The van der Waals surface area contributed by atoms with E-state index in [1.165, 1.54) is 4.68 Å². The second kappa shape index (κ2) is 12.3. The average Bonchev–Trinajstić information content (AvgIpc) is 3.39. The van der Waals surface area contributed by atoms with Crippen LogP contribution in [0, 0.1) is 0 Å². The van der Waals surface area contributed by atoms with Gasteiger partial charge in [0.25, 0.3) is 0 Å². The van der Waals surface area contributed by atoms with Crippen LogP contribution < -0.4 is 10.1 Å². The highest BCUT2D eigenvalue weighted by atomic mass is 16.6. The van der Waals surface area contributed by atoms with Crippen LogP contribution in [0.2, 0.25) is 0 Å². The number of nitrogens with zero attached hydrogens (tertiary/aromatic N) is 4. The van der Waals surface area contributed by atoms with E-state index in [1.807, 2.05) is 82.3 Å². The largest absolute Gasteiger partial charge is 0.482 e. The lowest BCUT2D eigenvalue weighted by molar-refractivity contribution is -0.157. The molecule has 0 saturated heterocycles. The first-order valence-corrected chi connectivity index (χ1v) is 13.8. The second-order valence-corrected chi connectivity index (χ2v) is 10.7. The Hall–Kier alpha value is -4.99. The fraction of sp³-hybridized carbons (Fsp3) is 0.281. The number of rotatable bonds is 9. The third-order valence-electron chi connectivity index (χ3n) is 6.20. The number of esters is 1. The van der Waals surface area contributed by atoms with Gasteiger partial charge in [-0.25, -0.2) is 19.6 Å². The molecule has 0 aliphatic rings. The Bertz CT molecular complexity index is 1740. The van der Waals surface area contributed by atoms with Crippen molar-refractivity contribution in [2.75, 3.05) is 18.5 Å². The van der Waals surface area contributed by atoms with E-state index in [1.54, 1.807) is 18.3 Å². The number of fused-ring (bicyclic) bond motifs is 2. The first-order valence-electron chi connectivity index (χ1n) is 13.8. The van der Waals surface area contributed by atoms with E-state index in [-0.39, 0.29) is 6.61 Å². The standard InChI is InChI=1S/C32H33N5O5/c1-5-6-16-40-31(39)37-27-15-14-23(17-22(27)19-33-37)34-30-25-12-7-8-13-26(25)35-29(36-30)21-10-9-11-24(18-21)41-20-28(38)42-32(2,3)4/h7-15,17-19H,5-6,16,20H2,1-4H3,(H,34,35,36). The molecule has 0 amide bonds. The Morgan fingerprint density at radius 3 is 2.62 bits per heavy atom. The van der Waals surface area contributed by atoms with Crippen molar-refractivity contribution in [1.29, 1.82) is 0 Å². The Morgan fingerprint density at radius 2 is 1.81 bits per heavy atom. The van der Waals surface area contributed by atoms with Gasteiger partial charge in [-0.05, 0) is 69.7 Å². The minimum Gasteiger partial charge on any atom is -0.482 e. The van der Waals surface area contributed by atoms with E-state index in [0.717, 1.165) is 40.4 Å². The number of aromatic nitrogens is 4. The SMILES string of the molecule is CCCCOC(=O)n1ncc2cc(Nc3nc(-c4cccc(OCC(=O)OC(C)(C)C)c4)nc4ccccc34)ccc21. The van der Waals surface area contributed by atoms with Crippen molar-refractivity contribution in [2.24, 2.45) is 0 Å². The van der Waals surface area contributed by atoms with Gasteiger partial charge >= 0.3 is 12.1 Å². The maximum atomic E-state index is 12.5. The zero-order valence-corrected chi connectivity index (χ0v) is 24.1. The highest BCUT2D eigenvalue weighted by Crippen LogP contribution is 2.30. The van der Waals surface area contributed by atoms with E-state index in [9.17, 15) is 9.59 Å². The van der Waals surface area contributed by atoms with Crippen LogP contribution in [0.5, 0.6) is 5.75 Å². The smallest absolute Gasteiger partial charge is 0.435 e. The lowest BCUT2D eigenvalue weighted by Crippen LogP contribution is -2.27. The number of benzene rings is 3. The predicted molar refractivity (Wildman–Crippen MR) is 161 cm³/mol. The van der Waals surface area contributed by atoms with Gasteiger partial charge in [-0.3, -0.25) is 0 Å². The minimum absolute atomic E-state index is 0.207. The van der Waals surface area contributed by atoms with Gasteiger partial charge in [-0.1, -0.05) is 37.6 Å². The summed E-state index contributed by atoms with van der Waals surface area (Å²) in [5.41, 5.74) is 2.32. The maximum Gasteiger partial charge on any atom is 0.435 e. The Balaban J connectivity index is 1.40. The summed E-state index contributed by atoms with van der Waals surface area (Å²) in [7, 11) is 0. The van der Waals surface area contributed by atoms with Gasteiger partial charge < -0.3 is 19.5 Å². The molecular formula is C32H33N5O5. The topological polar surface area (TPSA) is 117 Å². The normalized spacial score (nSPS) is 11.4. The quantitative estimate of drug-likeness (QED) is 0.150. The number of ether oxygens (including phenoxy) is 3. The van der Waals surface area contributed by atoms with E-state index in [4.69, 9.17) is 24.2 Å². The molecule has 0 spiro atoms. The summed E-state index contributed by atoms with van der Waals surface area (Å²) < 4.78 is 17.6. The molecule has 0 aliphatic heterocycles. The number of carbonyl (C=O) groups is 2. The molecule has 3 aromatic carbocycles. The van der Waals surface area contributed by atoms with Crippen molar-refractivity contribution in [3.63, 3.8) is 0 Å². The number of nitrogens with one attached hydrogen (secondary N) is 1. The zero-order valence-electron chi connectivity index (χ0n) is 24.1. The first-order chi connectivity index (χ1) is 20.2. The van der Waals surface area contributed by atoms with Crippen molar-refractivity contribution < 1.29 is 23.8 Å². The van der Waals surface area contributed by atoms with Gasteiger partial charge in [0.15, 0.2) is 12.4 Å². The molecular weight excluding hydrogens is 534 g/mol. The number of anilines is 2. The Kier molecular flexibility index (Phi) is 8.33. The molecule has 0 bridgehead atoms. The van der Waals surface area contributed by atoms with Crippen molar-refractivity contribution in [3.8, 4) is 17.1 Å². The van der Waals surface area contributed by atoms with E-state index in [2.05, 4.69) is 10.4 Å². The van der Waals surface area contributed by atoms with Gasteiger partial charge in [0, 0.05) is 22.0 Å². The summed E-state index contributed by atoms with van der Waals surface area (Å²) in [4.78, 5) is 34.2. The fourth-order valence-corrected chi connectivity index (χ4v) is 4.30. The second-order valence-electron chi connectivity index (χ2n) is 10.7. The minimum atomic E-state index is -0.588. The number of unbranched alkanes of at least 4 members (excludes halogenated alkanes) is 1. The highest BCUT2D eigenvalue weighted by molar-refractivity contribution is 5.94. The molecule has 0 radical (unpaired) electrons. The highest BCUT2D eigenvalue weighted by Gasteiger charge is 2.17. The van der Waals surface area contributed by atoms with Gasteiger partial charge in [0.1, 0.15) is 17.2 Å². The van der Waals surface area contributed by atoms with E-state index >= 15 is 0 Å². The lowest BCUT2D eigenvalue weighted by Gasteiger charge is -2.19. The zero-order chi connectivity index (χ0) is 29.7. The van der Waals surface area contributed by atoms with Crippen LogP contribution in [0.4, 0.5) is 16.3 Å². The van der Waals surface area contributed by atoms with Crippen LogP contribution in [0.15, 0.2) is 72.9 Å². The molecule has 2 aromatic heterocycles. The number of hydrogen-bond acceptors (Lipinski definition) is 9. The summed E-state index contributed by atoms with van der Waals surface area (Å²) in [5.74, 6) is 1.15. The molecule has 0 saturated carbocycles. The number of carbonyl (C=O) groups excluding carboxylic acids is 2. The molecule has 216 valence electrons. The molecule has 0 unspecified atom stereocenters. The van der Waals surface area contributed by atoms with Crippen LogP contribution in [-0.2, 0) is 14.3 Å². The van der Waals surface area contributed by atoms with Gasteiger partial charge in [-0.2, -0.15) is 9.78 Å². The first kappa shape index (κ1) is 28.5. The van der Waals surface area contributed by atoms with Crippen molar-refractivity contribution in [3.05, 3.63) is 72.9 Å².